The highest BCUT2D eigenvalue weighted by molar-refractivity contribution is 5.88. The number of carbonyl (C=O) groups excluding carboxylic acids is 1. The maximum atomic E-state index is 13.1. The SMILES string of the molecule is O=C(Cc1ccc(O)cc1-c1ccc(O)c(O)c1)Cc1ccc(O)cc1-c1ccc(O)c(O)c1. The van der Waals surface area contributed by atoms with Gasteiger partial charge in [0.25, 0.3) is 0 Å². The molecular weight excluding hydrogens is 436 g/mol. The Morgan fingerprint density at radius 1 is 0.500 bits per heavy atom. The Morgan fingerprint density at radius 3 is 1.29 bits per heavy atom. The lowest BCUT2D eigenvalue weighted by Crippen LogP contribution is -2.08. The van der Waals surface area contributed by atoms with E-state index in [-0.39, 0.29) is 53.1 Å². The van der Waals surface area contributed by atoms with E-state index in [9.17, 15) is 35.4 Å². The Labute approximate surface area is 195 Å². The third kappa shape index (κ3) is 4.73. The smallest absolute Gasteiger partial charge is 0.158 e. The van der Waals surface area contributed by atoms with Gasteiger partial charge in [-0.3, -0.25) is 4.79 Å². The summed E-state index contributed by atoms with van der Waals surface area (Å²) in [6, 6.07) is 17.7. The molecule has 7 heteroatoms. The molecule has 0 spiro atoms. The maximum Gasteiger partial charge on any atom is 0.158 e. The summed E-state index contributed by atoms with van der Waals surface area (Å²) >= 11 is 0. The van der Waals surface area contributed by atoms with E-state index in [0.29, 0.717) is 33.4 Å². The van der Waals surface area contributed by atoms with Crippen molar-refractivity contribution < 1.29 is 35.4 Å². The number of Topliss-reactive ketones (excluding diaryl/α,β-unsaturated/α-hetero) is 1. The average Bonchev–Trinajstić information content (AvgIpc) is 2.80. The van der Waals surface area contributed by atoms with Gasteiger partial charge in [0.05, 0.1) is 0 Å². The fraction of sp³-hybridized carbons (Fsp3) is 0.0741. The summed E-state index contributed by atoms with van der Waals surface area (Å²) in [5, 5.41) is 58.8. The van der Waals surface area contributed by atoms with E-state index in [4.69, 9.17) is 0 Å². The molecular formula is C27H22O7. The monoisotopic (exact) mass is 458 g/mol. The van der Waals surface area contributed by atoms with Crippen molar-refractivity contribution in [2.75, 3.05) is 0 Å². The van der Waals surface area contributed by atoms with Crippen molar-refractivity contribution in [1.82, 2.24) is 0 Å². The number of aromatic hydroxyl groups is 6. The summed E-state index contributed by atoms with van der Waals surface area (Å²) in [6.45, 7) is 0. The molecule has 4 rings (SSSR count). The quantitative estimate of drug-likeness (QED) is 0.232. The molecule has 6 N–H and O–H groups in total. The summed E-state index contributed by atoms with van der Waals surface area (Å²) in [4.78, 5) is 13.1. The second-order valence-electron chi connectivity index (χ2n) is 7.98. The van der Waals surface area contributed by atoms with Crippen LogP contribution in [0.2, 0.25) is 0 Å². The molecule has 0 saturated carbocycles. The fourth-order valence-corrected chi connectivity index (χ4v) is 3.84. The van der Waals surface area contributed by atoms with Gasteiger partial charge < -0.3 is 30.6 Å². The van der Waals surface area contributed by atoms with Crippen molar-refractivity contribution in [2.45, 2.75) is 12.8 Å². The van der Waals surface area contributed by atoms with Crippen LogP contribution in [0.1, 0.15) is 11.1 Å². The predicted octanol–water partition coefficient (Wildman–Crippen LogP) is 4.61. The van der Waals surface area contributed by atoms with Gasteiger partial charge in [-0.1, -0.05) is 24.3 Å². The number of rotatable bonds is 6. The number of ketones is 1. The standard InChI is InChI=1S/C27H22O7/c28-19-5-1-15(22(13-19)17-3-7-24(31)26(33)11-17)9-21(30)10-16-2-6-20(29)14-23(16)18-4-8-25(32)27(34)12-18/h1-8,11-14,28-29,31-34H,9-10H2. The molecule has 34 heavy (non-hydrogen) atoms. The summed E-state index contributed by atoms with van der Waals surface area (Å²) < 4.78 is 0. The van der Waals surface area contributed by atoms with Crippen LogP contribution in [-0.4, -0.2) is 36.4 Å². The van der Waals surface area contributed by atoms with E-state index < -0.39 is 0 Å². The summed E-state index contributed by atoms with van der Waals surface area (Å²) in [5.41, 5.74) is 3.37. The zero-order valence-corrected chi connectivity index (χ0v) is 17.9. The van der Waals surface area contributed by atoms with Crippen molar-refractivity contribution in [3.63, 3.8) is 0 Å². The molecule has 0 aliphatic heterocycles. The van der Waals surface area contributed by atoms with Crippen LogP contribution in [0.25, 0.3) is 22.3 Å². The maximum absolute atomic E-state index is 13.1. The molecule has 0 fully saturated rings. The average molecular weight is 458 g/mol. The zero-order chi connectivity index (χ0) is 24.4. The minimum absolute atomic E-state index is 0.00766. The number of hydrogen-bond acceptors (Lipinski definition) is 7. The third-order valence-corrected chi connectivity index (χ3v) is 5.53. The van der Waals surface area contributed by atoms with E-state index in [0.717, 1.165) is 0 Å². The first-order chi connectivity index (χ1) is 16.2. The minimum Gasteiger partial charge on any atom is -0.508 e. The van der Waals surface area contributed by atoms with E-state index >= 15 is 0 Å². The van der Waals surface area contributed by atoms with E-state index in [1.165, 1.54) is 48.5 Å². The van der Waals surface area contributed by atoms with Crippen LogP contribution in [-0.2, 0) is 17.6 Å². The van der Waals surface area contributed by atoms with Crippen LogP contribution in [0.3, 0.4) is 0 Å². The molecule has 0 radical (unpaired) electrons. The Balaban J connectivity index is 1.64. The minimum atomic E-state index is -0.316. The molecule has 4 aromatic rings. The molecule has 0 aliphatic rings. The van der Waals surface area contributed by atoms with Crippen LogP contribution in [0.15, 0.2) is 72.8 Å². The molecule has 172 valence electrons. The molecule has 0 amide bonds. The largest absolute Gasteiger partial charge is 0.508 e. The highest BCUT2D eigenvalue weighted by atomic mass is 16.3. The van der Waals surface area contributed by atoms with Gasteiger partial charge in [0.1, 0.15) is 17.3 Å². The molecule has 0 atom stereocenters. The Kier molecular flexibility index (Phi) is 6.01. The first-order valence-corrected chi connectivity index (χ1v) is 10.4. The number of carbonyl (C=O) groups is 1. The van der Waals surface area contributed by atoms with Gasteiger partial charge in [-0.05, 0) is 81.9 Å². The lowest BCUT2D eigenvalue weighted by Gasteiger charge is -2.13. The Hall–Kier alpha value is -4.65. The lowest BCUT2D eigenvalue weighted by molar-refractivity contribution is -0.117. The van der Waals surface area contributed by atoms with Crippen molar-refractivity contribution in [3.8, 4) is 56.8 Å². The summed E-state index contributed by atoms with van der Waals surface area (Å²) in [7, 11) is 0. The molecule has 0 saturated heterocycles. The third-order valence-electron chi connectivity index (χ3n) is 5.53. The van der Waals surface area contributed by atoms with Crippen LogP contribution >= 0.6 is 0 Å². The number of hydrogen-bond donors (Lipinski definition) is 6. The van der Waals surface area contributed by atoms with Gasteiger partial charge in [-0.25, -0.2) is 0 Å². The topological polar surface area (TPSA) is 138 Å². The van der Waals surface area contributed by atoms with Crippen molar-refractivity contribution in [1.29, 1.82) is 0 Å². The van der Waals surface area contributed by atoms with Crippen molar-refractivity contribution in [3.05, 3.63) is 83.9 Å². The normalized spacial score (nSPS) is 10.8. The summed E-state index contributed by atoms with van der Waals surface area (Å²) in [6.07, 6.45) is 0.0524. The van der Waals surface area contributed by atoms with Gasteiger partial charge in [0.15, 0.2) is 23.0 Å². The number of benzene rings is 4. The van der Waals surface area contributed by atoms with Gasteiger partial charge >= 0.3 is 0 Å². The summed E-state index contributed by atoms with van der Waals surface area (Å²) in [5.74, 6) is -1.35. The van der Waals surface area contributed by atoms with Gasteiger partial charge in [0, 0.05) is 12.8 Å². The molecule has 0 aliphatic carbocycles. The lowest BCUT2D eigenvalue weighted by atomic mass is 9.91. The van der Waals surface area contributed by atoms with Crippen LogP contribution in [0, 0.1) is 0 Å². The molecule has 0 aromatic heterocycles. The number of phenolic OH excluding ortho intramolecular Hbond substituents is 6. The highest BCUT2D eigenvalue weighted by Gasteiger charge is 2.16. The van der Waals surface area contributed by atoms with Crippen LogP contribution in [0.5, 0.6) is 34.5 Å². The van der Waals surface area contributed by atoms with Gasteiger partial charge in [-0.15, -0.1) is 0 Å². The molecule has 7 nitrogen and oxygen atoms in total. The van der Waals surface area contributed by atoms with E-state index in [1.54, 1.807) is 24.3 Å². The van der Waals surface area contributed by atoms with E-state index in [2.05, 4.69) is 0 Å². The molecule has 0 heterocycles. The van der Waals surface area contributed by atoms with Crippen molar-refractivity contribution in [2.24, 2.45) is 0 Å². The van der Waals surface area contributed by atoms with Gasteiger partial charge in [-0.2, -0.15) is 0 Å². The Bertz CT molecular complexity index is 1290. The van der Waals surface area contributed by atoms with Crippen LogP contribution < -0.4 is 0 Å². The first kappa shape index (κ1) is 22.5. The number of phenols is 6. The second-order valence-corrected chi connectivity index (χ2v) is 7.98. The zero-order valence-electron chi connectivity index (χ0n) is 17.9. The first-order valence-electron chi connectivity index (χ1n) is 10.4. The highest BCUT2D eigenvalue weighted by Crippen LogP contribution is 2.36. The second kappa shape index (κ2) is 9.07. The fourth-order valence-electron chi connectivity index (χ4n) is 3.84. The van der Waals surface area contributed by atoms with Crippen molar-refractivity contribution >= 4 is 5.78 Å². The predicted molar refractivity (Wildman–Crippen MR) is 126 cm³/mol. The van der Waals surface area contributed by atoms with E-state index in [1.807, 2.05) is 0 Å². The Morgan fingerprint density at radius 2 is 0.912 bits per heavy atom. The molecule has 0 bridgehead atoms. The molecule has 0 unspecified atom stereocenters. The van der Waals surface area contributed by atoms with Gasteiger partial charge in [0.2, 0.25) is 0 Å². The van der Waals surface area contributed by atoms with Crippen LogP contribution in [0.4, 0.5) is 0 Å². The molecule has 4 aromatic carbocycles.